The molecule has 0 aliphatic rings. The Balaban J connectivity index is 2.48. The van der Waals surface area contributed by atoms with Crippen LogP contribution in [0, 0.1) is 0 Å². The van der Waals surface area contributed by atoms with Crippen molar-refractivity contribution in [3.05, 3.63) is 36.2 Å². The molecular formula is C12H13N3O. The van der Waals surface area contributed by atoms with Gasteiger partial charge in [-0.25, -0.2) is 0 Å². The Hall–Kier alpha value is -1.97. The van der Waals surface area contributed by atoms with Gasteiger partial charge >= 0.3 is 0 Å². The molecule has 0 saturated heterocycles. The van der Waals surface area contributed by atoms with Crippen molar-refractivity contribution in [2.75, 3.05) is 0 Å². The Labute approximate surface area is 93.9 Å². The van der Waals surface area contributed by atoms with Crippen LogP contribution in [0.3, 0.4) is 0 Å². The number of pyridine rings is 1. The molecule has 0 saturated carbocycles. The van der Waals surface area contributed by atoms with E-state index in [-0.39, 0.29) is 6.04 Å². The molecule has 2 rings (SSSR count). The maximum absolute atomic E-state index is 10.9. The molecule has 82 valence electrons. The largest absolute Gasteiger partial charge is 0.296 e. The first-order chi connectivity index (χ1) is 7.72. The van der Waals surface area contributed by atoms with Gasteiger partial charge in [0.25, 0.3) is 0 Å². The number of hydrogen-bond donors (Lipinski definition) is 0. The zero-order valence-corrected chi connectivity index (χ0v) is 9.29. The van der Waals surface area contributed by atoms with E-state index in [0.717, 1.165) is 17.7 Å². The quantitative estimate of drug-likeness (QED) is 0.738. The van der Waals surface area contributed by atoms with E-state index >= 15 is 0 Å². The molecule has 2 heterocycles. The summed E-state index contributed by atoms with van der Waals surface area (Å²) in [7, 11) is 0. The number of hydrogen-bond acceptors (Lipinski definition) is 3. The van der Waals surface area contributed by atoms with Crippen LogP contribution in [-0.4, -0.2) is 21.1 Å². The van der Waals surface area contributed by atoms with Crippen LogP contribution in [-0.2, 0) is 0 Å². The van der Waals surface area contributed by atoms with Gasteiger partial charge in [-0.2, -0.15) is 5.10 Å². The van der Waals surface area contributed by atoms with Crippen LogP contribution in [0.25, 0.3) is 11.4 Å². The van der Waals surface area contributed by atoms with Crippen LogP contribution in [0.1, 0.15) is 30.4 Å². The van der Waals surface area contributed by atoms with Crippen LogP contribution >= 0.6 is 0 Å². The molecule has 0 aliphatic heterocycles. The Bertz CT molecular complexity index is 488. The molecule has 0 N–H and O–H groups in total. The van der Waals surface area contributed by atoms with E-state index in [4.69, 9.17) is 0 Å². The fraction of sp³-hybridized carbons (Fsp3) is 0.250. The third kappa shape index (κ3) is 1.86. The van der Waals surface area contributed by atoms with Gasteiger partial charge < -0.3 is 0 Å². The summed E-state index contributed by atoms with van der Waals surface area (Å²) < 4.78 is 1.71. The number of aromatic nitrogens is 3. The highest BCUT2D eigenvalue weighted by Gasteiger charge is 2.11. The number of aldehydes is 1. The van der Waals surface area contributed by atoms with Gasteiger partial charge in [0.05, 0.1) is 5.69 Å². The number of rotatable bonds is 3. The van der Waals surface area contributed by atoms with Gasteiger partial charge in [-0.3, -0.25) is 14.5 Å². The molecule has 4 nitrogen and oxygen atoms in total. The average molecular weight is 215 g/mol. The lowest BCUT2D eigenvalue weighted by molar-refractivity contribution is 0.111. The van der Waals surface area contributed by atoms with Crippen molar-refractivity contribution in [3.63, 3.8) is 0 Å². The summed E-state index contributed by atoms with van der Waals surface area (Å²) >= 11 is 0. The smallest absolute Gasteiger partial charge is 0.168 e. The standard InChI is InChI=1S/C12H13N3O/c1-9(2)15-10(8-16)7-12(14-15)11-5-3-4-6-13-11/h3-9H,1-2H3. The van der Waals surface area contributed by atoms with Gasteiger partial charge in [0.15, 0.2) is 6.29 Å². The van der Waals surface area contributed by atoms with Crippen molar-refractivity contribution in [2.45, 2.75) is 19.9 Å². The van der Waals surface area contributed by atoms with E-state index in [1.165, 1.54) is 0 Å². The van der Waals surface area contributed by atoms with Crippen molar-refractivity contribution >= 4 is 6.29 Å². The zero-order chi connectivity index (χ0) is 11.5. The van der Waals surface area contributed by atoms with Gasteiger partial charge in [0.2, 0.25) is 0 Å². The fourth-order valence-corrected chi connectivity index (χ4v) is 1.55. The number of carbonyl (C=O) groups excluding carboxylic acids is 1. The molecule has 16 heavy (non-hydrogen) atoms. The summed E-state index contributed by atoms with van der Waals surface area (Å²) in [6.07, 6.45) is 2.53. The predicted molar refractivity (Wildman–Crippen MR) is 61.2 cm³/mol. The second-order valence-electron chi connectivity index (χ2n) is 3.83. The first-order valence-electron chi connectivity index (χ1n) is 5.18. The molecule has 0 radical (unpaired) electrons. The molecule has 0 unspecified atom stereocenters. The maximum Gasteiger partial charge on any atom is 0.168 e. The summed E-state index contributed by atoms with van der Waals surface area (Å²) in [4.78, 5) is 15.1. The van der Waals surface area contributed by atoms with Crippen molar-refractivity contribution in [3.8, 4) is 11.4 Å². The topological polar surface area (TPSA) is 47.8 Å². The first-order valence-corrected chi connectivity index (χ1v) is 5.18. The summed E-state index contributed by atoms with van der Waals surface area (Å²) in [5.74, 6) is 0. The minimum absolute atomic E-state index is 0.165. The molecule has 0 aliphatic carbocycles. The molecule has 0 amide bonds. The maximum atomic E-state index is 10.9. The Morgan fingerprint density at radius 3 is 2.62 bits per heavy atom. The molecule has 0 spiro atoms. The van der Waals surface area contributed by atoms with Gasteiger partial charge in [-0.05, 0) is 32.0 Å². The SMILES string of the molecule is CC(C)n1nc(-c2ccccn2)cc1C=O. The lowest BCUT2D eigenvalue weighted by Crippen LogP contribution is -2.06. The van der Waals surface area contributed by atoms with Gasteiger partial charge in [0.1, 0.15) is 11.4 Å². The van der Waals surface area contributed by atoms with Crippen LogP contribution < -0.4 is 0 Å². The van der Waals surface area contributed by atoms with Crippen LogP contribution in [0.15, 0.2) is 30.5 Å². The van der Waals surface area contributed by atoms with Crippen LogP contribution in [0.2, 0.25) is 0 Å². The second kappa shape index (κ2) is 4.26. The normalized spacial score (nSPS) is 10.7. The van der Waals surface area contributed by atoms with Crippen molar-refractivity contribution in [2.24, 2.45) is 0 Å². The Morgan fingerprint density at radius 2 is 2.12 bits per heavy atom. The minimum atomic E-state index is 0.165. The summed E-state index contributed by atoms with van der Waals surface area (Å²) in [5, 5.41) is 4.37. The summed E-state index contributed by atoms with van der Waals surface area (Å²) in [6.45, 7) is 3.98. The third-order valence-corrected chi connectivity index (χ3v) is 2.30. The van der Waals surface area contributed by atoms with Gasteiger partial charge in [-0.1, -0.05) is 6.07 Å². The lowest BCUT2D eigenvalue weighted by atomic mass is 10.2. The lowest BCUT2D eigenvalue weighted by Gasteiger charge is -2.06. The van der Waals surface area contributed by atoms with Crippen molar-refractivity contribution < 1.29 is 4.79 Å². The third-order valence-electron chi connectivity index (χ3n) is 2.30. The molecule has 0 aromatic carbocycles. The van der Waals surface area contributed by atoms with Crippen molar-refractivity contribution in [1.82, 2.24) is 14.8 Å². The highest BCUT2D eigenvalue weighted by molar-refractivity contribution is 5.75. The molecule has 2 aromatic heterocycles. The fourth-order valence-electron chi connectivity index (χ4n) is 1.55. The first kappa shape index (κ1) is 10.5. The molecule has 0 bridgehead atoms. The van der Waals surface area contributed by atoms with Crippen molar-refractivity contribution in [1.29, 1.82) is 0 Å². The molecular weight excluding hydrogens is 202 g/mol. The van der Waals surface area contributed by atoms with E-state index in [2.05, 4.69) is 10.1 Å². The molecule has 0 fully saturated rings. The second-order valence-corrected chi connectivity index (χ2v) is 3.83. The van der Waals surface area contributed by atoms with Gasteiger partial charge in [-0.15, -0.1) is 0 Å². The Kier molecular flexibility index (Phi) is 2.81. The van der Waals surface area contributed by atoms with E-state index in [9.17, 15) is 4.79 Å². The van der Waals surface area contributed by atoms with E-state index < -0.39 is 0 Å². The summed E-state index contributed by atoms with van der Waals surface area (Å²) in [6, 6.07) is 7.55. The highest BCUT2D eigenvalue weighted by atomic mass is 16.1. The predicted octanol–water partition coefficient (Wildman–Crippen LogP) is 2.34. The molecule has 4 heteroatoms. The zero-order valence-electron chi connectivity index (χ0n) is 9.29. The number of carbonyl (C=O) groups is 1. The van der Waals surface area contributed by atoms with Crippen LogP contribution in [0.4, 0.5) is 0 Å². The van der Waals surface area contributed by atoms with Gasteiger partial charge in [0, 0.05) is 12.2 Å². The minimum Gasteiger partial charge on any atom is -0.296 e. The summed E-state index contributed by atoms with van der Waals surface area (Å²) in [5.41, 5.74) is 2.09. The molecule has 0 atom stereocenters. The molecule has 2 aromatic rings. The number of nitrogens with zero attached hydrogens (tertiary/aromatic N) is 3. The monoisotopic (exact) mass is 215 g/mol. The highest BCUT2D eigenvalue weighted by Crippen LogP contribution is 2.18. The van der Waals surface area contributed by atoms with E-state index in [1.54, 1.807) is 16.9 Å². The van der Waals surface area contributed by atoms with E-state index in [0.29, 0.717) is 5.69 Å². The Morgan fingerprint density at radius 1 is 1.31 bits per heavy atom. The average Bonchev–Trinajstić information content (AvgIpc) is 2.74. The van der Waals surface area contributed by atoms with E-state index in [1.807, 2.05) is 32.0 Å². The van der Waals surface area contributed by atoms with Crippen LogP contribution in [0.5, 0.6) is 0 Å².